The lowest BCUT2D eigenvalue weighted by atomic mass is 9.73. The molecular formula is C33H34N8O3S. The Kier molecular flexibility index (Phi) is 6.95. The molecule has 1 aliphatic heterocycles. The number of carbonyl (C=O) groups is 1. The summed E-state index contributed by atoms with van der Waals surface area (Å²) in [7, 11) is -1.91. The van der Waals surface area contributed by atoms with Gasteiger partial charge in [0.1, 0.15) is 11.3 Å². The van der Waals surface area contributed by atoms with Crippen LogP contribution in [0.15, 0.2) is 79.0 Å². The second-order valence-electron chi connectivity index (χ2n) is 12.0. The summed E-state index contributed by atoms with van der Waals surface area (Å²) in [5.41, 5.74) is 18.8. The van der Waals surface area contributed by atoms with Crippen LogP contribution in [0.5, 0.6) is 0 Å². The third-order valence-corrected chi connectivity index (χ3v) is 10.5. The largest absolute Gasteiger partial charge is 0.383 e. The van der Waals surface area contributed by atoms with Crippen LogP contribution >= 0.6 is 0 Å². The van der Waals surface area contributed by atoms with Crippen molar-refractivity contribution < 1.29 is 13.2 Å². The summed E-state index contributed by atoms with van der Waals surface area (Å²) in [5, 5.41) is 0. The van der Waals surface area contributed by atoms with Crippen LogP contribution < -0.4 is 16.4 Å². The van der Waals surface area contributed by atoms with Crippen molar-refractivity contribution in [3.8, 4) is 28.3 Å². The molecule has 0 spiro atoms. The molecule has 0 bridgehead atoms. The Morgan fingerprint density at radius 1 is 0.978 bits per heavy atom. The summed E-state index contributed by atoms with van der Waals surface area (Å²) in [6.45, 7) is 0.279. The molecule has 5 aromatic rings. The Balaban J connectivity index is 1.30. The van der Waals surface area contributed by atoms with Crippen molar-refractivity contribution >= 4 is 38.6 Å². The van der Waals surface area contributed by atoms with Crippen molar-refractivity contribution in [2.24, 2.45) is 5.73 Å². The number of hydrogen-bond acceptors (Lipinski definition) is 8. The van der Waals surface area contributed by atoms with E-state index in [4.69, 9.17) is 21.4 Å². The molecule has 12 heteroatoms. The lowest BCUT2D eigenvalue weighted by molar-refractivity contribution is -0.117. The highest BCUT2D eigenvalue weighted by Crippen LogP contribution is 2.39. The number of sulfonamides is 1. The van der Waals surface area contributed by atoms with E-state index in [2.05, 4.69) is 17.1 Å². The first-order valence-electron chi connectivity index (χ1n) is 14.9. The van der Waals surface area contributed by atoms with Crippen LogP contribution in [-0.4, -0.2) is 64.0 Å². The summed E-state index contributed by atoms with van der Waals surface area (Å²) in [5.74, 6) is 0.859. The number of imidazole rings is 1. The van der Waals surface area contributed by atoms with Gasteiger partial charge in [0.2, 0.25) is 15.9 Å². The number of rotatable bonds is 7. The molecule has 0 unspecified atom stereocenters. The summed E-state index contributed by atoms with van der Waals surface area (Å²) in [6.07, 6.45) is 6.00. The number of pyridine rings is 2. The second-order valence-corrected chi connectivity index (χ2v) is 14.0. The van der Waals surface area contributed by atoms with Gasteiger partial charge in [0, 0.05) is 48.7 Å². The van der Waals surface area contributed by atoms with Gasteiger partial charge < -0.3 is 16.4 Å². The fourth-order valence-electron chi connectivity index (χ4n) is 6.22. The van der Waals surface area contributed by atoms with Gasteiger partial charge in [-0.3, -0.25) is 9.36 Å². The second kappa shape index (κ2) is 10.8. The topological polar surface area (TPSA) is 153 Å². The molecule has 0 radical (unpaired) electrons. The third kappa shape index (κ3) is 5.14. The number of benzene rings is 2. The molecule has 45 heavy (non-hydrogen) atoms. The van der Waals surface area contributed by atoms with Crippen LogP contribution in [0, 0.1) is 0 Å². The Morgan fingerprint density at radius 2 is 1.76 bits per heavy atom. The highest BCUT2D eigenvalue weighted by atomic mass is 32.2. The van der Waals surface area contributed by atoms with Crippen molar-refractivity contribution in [3.05, 3.63) is 84.6 Å². The Bertz CT molecular complexity index is 2050. The van der Waals surface area contributed by atoms with E-state index in [0.717, 1.165) is 42.3 Å². The number of nitrogen functional groups attached to an aromatic ring is 1. The number of fused-ring (bicyclic) bond motifs is 1. The van der Waals surface area contributed by atoms with E-state index in [0.29, 0.717) is 39.8 Å². The van der Waals surface area contributed by atoms with Crippen LogP contribution in [0.3, 0.4) is 0 Å². The van der Waals surface area contributed by atoms with Crippen LogP contribution in [-0.2, 0) is 20.4 Å². The van der Waals surface area contributed by atoms with E-state index < -0.39 is 16.1 Å². The fraction of sp³-hybridized carbons (Fsp3) is 0.273. The fourth-order valence-corrected chi connectivity index (χ4v) is 6.91. The zero-order chi connectivity index (χ0) is 31.5. The molecule has 7 rings (SSSR count). The Hall–Kier alpha value is -4.65. The average Bonchev–Trinajstić information content (AvgIpc) is 3.59. The predicted molar refractivity (Wildman–Crippen MR) is 175 cm³/mol. The molecule has 2 aromatic carbocycles. The van der Waals surface area contributed by atoms with Crippen LogP contribution in [0.4, 0.5) is 11.5 Å². The first-order chi connectivity index (χ1) is 21.5. The number of anilines is 2. The maximum absolute atomic E-state index is 13.0. The van der Waals surface area contributed by atoms with Gasteiger partial charge >= 0.3 is 0 Å². The highest BCUT2D eigenvalue weighted by Gasteiger charge is 2.36. The van der Waals surface area contributed by atoms with Crippen LogP contribution in [0.1, 0.15) is 31.2 Å². The minimum absolute atomic E-state index is 0.126. The summed E-state index contributed by atoms with van der Waals surface area (Å²) in [6, 6.07) is 22.9. The van der Waals surface area contributed by atoms with Gasteiger partial charge in [0.15, 0.2) is 11.5 Å². The van der Waals surface area contributed by atoms with Crippen LogP contribution in [0.25, 0.3) is 39.5 Å². The molecule has 1 atom stereocenters. The van der Waals surface area contributed by atoms with E-state index in [-0.39, 0.29) is 24.4 Å². The number of aromatic nitrogens is 4. The van der Waals surface area contributed by atoms with Gasteiger partial charge in [-0.05, 0) is 73.4 Å². The van der Waals surface area contributed by atoms with Gasteiger partial charge in [-0.1, -0.05) is 24.3 Å². The highest BCUT2D eigenvalue weighted by molar-refractivity contribution is 7.88. The first kappa shape index (κ1) is 29.1. The Labute approximate surface area is 261 Å². The SMILES string of the molecule is CN([C@@H]1CC(=O)N(c2cccc(-c3ccc4nc(-c5cccnc5N)n(-c5ccc(C6(N)CCC6)cc5)c4n3)c2)C1)S(C)(=O)=O. The molecule has 3 aromatic heterocycles. The van der Waals surface area contributed by atoms with E-state index in [9.17, 15) is 13.2 Å². The number of nitrogens with zero attached hydrogens (tertiary/aromatic N) is 6. The molecule has 2 aliphatic rings. The third-order valence-electron chi connectivity index (χ3n) is 9.13. The minimum atomic E-state index is -3.43. The smallest absolute Gasteiger partial charge is 0.228 e. The minimum Gasteiger partial charge on any atom is -0.383 e. The van der Waals surface area contributed by atoms with Gasteiger partial charge in [-0.15, -0.1) is 0 Å². The standard InChI is InChI=1S/C33H34N8O3S/c1-39(45(2,43)44)25-19-29(42)40(20-25)24-7-3-6-21(18-24)27-13-14-28-32(37-27)41(31(38-28)26-8-4-17-36-30(26)34)23-11-9-22(10-12-23)33(35)15-5-16-33/h3-4,6-14,17-18,25H,5,15-16,19-20,35H2,1-2H3,(H2,34,36)/t25-/m1/s1. The molecule has 1 saturated heterocycles. The molecule has 1 saturated carbocycles. The van der Waals surface area contributed by atoms with Crippen molar-refractivity contribution in [2.75, 3.05) is 30.5 Å². The van der Waals surface area contributed by atoms with Gasteiger partial charge in [-0.25, -0.2) is 23.4 Å². The lowest BCUT2D eigenvalue weighted by Crippen LogP contribution is -2.43. The van der Waals surface area contributed by atoms with Gasteiger partial charge in [-0.2, -0.15) is 4.31 Å². The number of amides is 1. The molecule has 4 N–H and O–H groups in total. The van der Waals surface area contributed by atoms with E-state index in [1.165, 1.54) is 11.4 Å². The molecule has 230 valence electrons. The normalized spacial score (nSPS) is 18.1. The summed E-state index contributed by atoms with van der Waals surface area (Å²) >= 11 is 0. The van der Waals surface area contributed by atoms with E-state index >= 15 is 0 Å². The zero-order valence-corrected chi connectivity index (χ0v) is 25.9. The van der Waals surface area contributed by atoms with Crippen molar-refractivity contribution in [1.82, 2.24) is 23.8 Å². The monoisotopic (exact) mass is 622 g/mol. The number of carbonyl (C=O) groups excluding carboxylic acids is 1. The number of likely N-dealkylation sites (N-methyl/N-ethyl adjacent to an activating group) is 1. The molecular weight excluding hydrogens is 588 g/mol. The lowest BCUT2D eigenvalue weighted by Gasteiger charge is -2.38. The quantitative estimate of drug-likeness (QED) is 0.276. The van der Waals surface area contributed by atoms with Gasteiger partial charge in [0.25, 0.3) is 0 Å². The van der Waals surface area contributed by atoms with E-state index in [1.807, 2.05) is 65.2 Å². The van der Waals surface area contributed by atoms with Crippen LogP contribution in [0.2, 0.25) is 0 Å². The summed E-state index contributed by atoms with van der Waals surface area (Å²) in [4.78, 5) is 28.9. The van der Waals surface area contributed by atoms with Gasteiger partial charge in [0.05, 0.1) is 23.6 Å². The van der Waals surface area contributed by atoms with Crippen molar-refractivity contribution in [3.63, 3.8) is 0 Å². The molecule has 2 fully saturated rings. The zero-order valence-electron chi connectivity index (χ0n) is 25.1. The molecule has 11 nitrogen and oxygen atoms in total. The Morgan fingerprint density at radius 3 is 2.44 bits per heavy atom. The molecule has 1 amide bonds. The van der Waals surface area contributed by atoms with Crippen molar-refractivity contribution in [1.29, 1.82) is 0 Å². The first-order valence-corrected chi connectivity index (χ1v) is 16.7. The average molecular weight is 623 g/mol. The number of hydrogen-bond donors (Lipinski definition) is 2. The maximum Gasteiger partial charge on any atom is 0.228 e. The molecule has 4 heterocycles. The van der Waals surface area contributed by atoms with E-state index in [1.54, 1.807) is 11.1 Å². The molecule has 1 aliphatic carbocycles. The van der Waals surface area contributed by atoms with Crippen molar-refractivity contribution in [2.45, 2.75) is 37.3 Å². The maximum atomic E-state index is 13.0. The number of nitrogens with two attached hydrogens (primary N) is 2. The predicted octanol–water partition coefficient (Wildman–Crippen LogP) is 4.07. The summed E-state index contributed by atoms with van der Waals surface area (Å²) < 4.78 is 27.4.